The monoisotopic (exact) mass is 192 g/mol. The fourth-order valence-corrected chi connectivity index (χ4v) is 2.15. The smallest absolute Gasteiger partial charge is 0.0658 e. The minimum Gasteiger partial charge on any atom is -0.198 e. The Balaban J connectivity index is 4.51. The van der Waals surface area contributed by atoms with Gasteiger partial charge in [-0.1, -0.05) is 33.6 Å². The summed E-state index contributed by atoms with van der Waals surface area (Å²) in [5.74, 6) is 0.919. The van der Waals surface area contributed by atoms with Crippen molar-refractivity contribution >= 4 is 0 Å². The number of rotatable bonds is 6. The highest BCUT2D eigenvalue weighted by atomic mass is 14.3. The van der Waals surface area contributed by atoms with Gasteiger partial charge in [-0.2, -0.15) is 10.5 Å². The van der Waals surface area contributed by atoms with Crippen molar-refractivity contribution in [2.45, 2.75) is 46.5 Å². The fourth-order valence-electron chi connectivity index (χ4n) is 2.15. The van der Waals surface area contributed by atoms with Crippen LogP contribution in [0.15, 0.2) is 0 Å². The molecule has 3 unspecified atom stereocenters. The third-order valence-electron chi connectivity index (χ3n) is 3.08. The van der Waals surface area contributed by atoms with E-state index in [2.05, 4.69) is 32.9 Å². The summed E-state index contributed by atoms with van der Waals surface area (Å²) in [5.41, 5.74) is 0. The first-order valence-electron chi connectivity index (χ1n) is 5.51. The van der Waals surface area contributed by atoms with Gasteiger partial charge in [-0.25, -0.2) is 0 Å². The summed E-state index contributed by atoms with van der Waals surface area (Å²) in [5, 5.41) is 17.7. The molecule has 14 heavy (non-hydrogen) atoms. The van der Waals surface area contributed by atoms with Gasteiger partial charge in [0.25, 0.3) is 0 Å². The minimum absolute atomic E-state index is 0.123. The normalized spacial score (nSPS) is 16.4. The second kappa shape index (κ2) is 7.39. The first-order valence-corrected chi connectivity index (χ1v) is 5.51. The van der Waals surface area contributed by atoms with Gasteiger partial charge in [0.15, 0.2) is 0 Å². The molecule has 0 spiro atoms. The predicted octanol–water partition coefficient (Wildman–Crippen LogP) is 3.50. The van der Waals surface area contributed by atoms with E-state index in [1.165, 1.54) is 0 Å². The largest absolute Gasteiger partial charge is 0.198 e. The molecular weight excluding hydrogens is 172 g/mol. The van der Waals surface area contributed by atoms with Gasteiger partial charge in [0.2, 0.25) is 0 Å². The van der Waals surface area contributed by atoms with Crippen LogP contribution in [-0.2, 0) is 0 Å². The molecule has 0 saturated carbocycles. The molecule has 0 heterocycles. The molecule has 0 aliphatic heterocycles. The van der Waals surface area contributed by atoms with E-state index in [1.54, 1.807) is 0 Å². The molecule has 0 radical (unpaired) electrons. The number of hydrogen-bond donors (Lipinski definition) is 0. The SMILES string of the molecule is CCC(C#N)C(CC)C(CC)CC#N. The molecular formula is C12H20N2. The van der Waals surface area contributed by atoms with Crippen molar-refractivity contribution in [1.82, 2.24) is 0 Å². The summed E-state index contributed by atoms with van der Waals surface area (Å²) in [7, 11) is 0. The first kappa shape index (κ1) is 13.0. The van der Waals surface area contributed by atoms with Crippen molar-refractivity contribution in [3.63, 3.8) is 0 Å². The topological polar surface area (TPSA) is 47.6 Å². The van der Waals surface area contributed by atoms with Crippen molar-refractivity contribution in [2.24, 2.45) is 17.8 Å². The summed E-state index contributed by atoms with van der Waals surface area (Å²) in [6, 6.07) is 4.59. The van der Waals surface area contributed by atoms with Gasteiger partial charge < -0.3 is 0 Å². The lowest BCUT2D eigenvalue weighted by Crippen LogP contribution is -2.21. The zero-order chi connectivity index (χ0) is 11.0. The molecule has 0 aliphatic rings. The molecule has 0 amide bonds. The lowest BCUT2D eigenvalue weighted by molar-refractivity contribution is 0.248. The van der Waals surface area contributed by atoms with E-state index in [1.807, 2.05) is 0 Å². The van der Waals surface area contributed by atoms with Gasteiger partial charge >= 0.3 is 0 Å². The molecule has 0 aliphatic carbocycles. The van der Waals surface area contributed by atoms with Crippen molar-refractivity contribution < 1.29 is 0 Å². The Hall–Kier alpha value is -1.02. The van der Waals surface area contributed by atoms with Crippen molar-refractivity contribution in [1.29, 1.82) is 10.5 Å². The lowest BCUT2D eigenvalue weighted by Gasteiger charge is -2.26. The fraction of sp³-hybridized carbons (Fsp3) is 0.833. The molecule has 78 valence electrons. The van der Waals surface area contributed by atoms with E-state index in [9.17, 15) is 0 Å². The van der Waals surface area contributed by atoms with Crippen LogP contribution >= 0.6 is 0 Å². The van der Waals surface area contributed by atoms with Crippen LogP contribution in [0.25, 0.3) is 0 Å². The van der Waals surface area contributed by atoms with E-state index >= 15 is 0 Å². The number of hydrogen-bond acceptors (Lipinski definition) is 2. The Morgan fingerprint density at radius 1 is 1.00 bits per heavy atom. The van der Waals surface area contributed by atoms with Gasteiger partial charge in [0.1, 0.15) is 0 Å². The average molecular weight is 192 g/mol. The van der Waals surface area contributed by atoms with Gasteiger partial charge in [0.05, 0.1) is 12.1 Å². The highest BCUT2D eigenvalue weighted by Crippen LogP contribution is 2.30. The zero-order valence-corrected chi connectivity index (χ0v) is 9.45. The van der Waals surface area contributed by atoms with Gasteiger partial charge in [-0.15, -0.1) is 0 Å². The van der Waals surface area contributed by atoms with Crippen LogP contribution in [0.1, 0.15) is 46.5 Å². The van der Waals surface area contributed by atoms with Crippen LogP contribution in [0.3, 0.4) is 0 Å². The molecule has 2 nitrogen and oxygen atoms in total. The predicted molar refractivity (Wildman–Crippen MR) is 57.2 cm³/mol. The molecule has 3 atom stereocenters. The van der Waals surface area contributed by atoms with E-state index in [4.69, 9.17) is 10.5 Å². The van der Waals surface area contributed by atoms with Gasteiger partial charge in [-0.05, 0) is 18.3 Å². The lowest BCUT2D eigenvalue weighted by atomic mass is 9.76. The second-order valence-electron chi connectivity index (χ2n) is 3.75. The molecule has 0 aromatic heterocycles. The molecule has 0 aromatic rings. The summed E-state index contributed by atoms with van der Waals surface area (Å²) in [6.45, 7) is 6.27. The average Bonchev–Trinajstić information content (AvgIpc) is 2.23. The Morgan fingerprint density at radius 3 is 1.93 bits per heavy atom. The third-order valence-corrected chi connectivity index (χ3v) is 3.08. The Morgan fingerprint density at radius 2 is 1.64 bits per heavy atom. The van der Waals surface area contributed by atoms with Gasteiger partial charge in [0, 0.05) is 12.3 Å². The summed E-state index contributed by atoms with van der Waals surface area (Å²) in [4.78, 5) is 0. The Bertz CT molecular complexity index is 221. The van der Waals surface area contributed by atoms with Crippen molar-refractivity contribution in [3.05, 3.63) is 0 Å². The van der Waals surface area contributed by atoms with Gasteiger partial charge in [-0.3, -0.25) is 0 Å². The van der Waals surface area contributed by atoms with E-state index in [0.717, 1.165) is 19.3 Å². The Kier molecular flexibility index (Phi) is 6.85. The quantitative estimate of drug-likeness (QED) is 0.646. The third kappa shape index (κ3) is 3.38. The van der Waals surface area contributed by atoms with Crippen LogP contribution in [0.4, 0.5) is 0 Å². The van der Waals surface area contributed by atoms with Crippen molar-refractivity contribution in [3.8, 4) is 12.1 Å². The zero-order valence-electron chi connectivity index (χ0n) is 9.45. The van der Waals surface area contributed by atoms with Crippen LogP contribution < -0.4 is 0 Å². The highest BCUT2D eigenvalue weighted by molar-refractivity contribution is 4.91. The van der Waals surface area contributed by atoms with E-state index < -0.39 is 0 Å². The maximum absolute atomic E-state index is 9.01. The number of nitriles is 2. The second-order valence-corrected chi connectivity index (χ2v) is 3.75. The molecule has 0 bridgehead atoms. The maximum Gasteiger partial charge on any atom is 0.0658 e. The van der Waals surface area contributed by atoms with Crippen LogP contribution in [0.5, 0.6) is 0 Å². The molecule has 2 heteroatoms. The molecule has 0 aromatic carbocycles. The van der Waals surface area contributed by atoms with Crippen LogP contribution in [0, 0.1) is 40.4 Å². The number of nitrogens with zero attached hydrogens (tertiary/aromatic N) is 2. The molecule has 0 saturated heterocycles. The highest BCUT2D eigenvalue weighted by Gasteiger charge is 2.25. The first-order chi connectivity index (χ1) is 6.74. The minimum atomic E-state index is 0.123. The van der Waals surface area contributed by atoms with Crippen LogP contribution in [-0.4, -0.2) is 0 Å². The summed E-state index contributed by atoms with van der Waals surface area (Å²) < 4.78 is 0. The standard InChI is InChI=1S/C12H20N2/c1-4-10(7-8-13)12(6-3)11(5-2)9-14/h10-12H,4-7H2,1-3H3. The van der Waals surface area contributed by atoms with Crippen molar-refractivity contribution in [2.75, 3.05) is 0 Å². The molecule has 0 fully saturated rings. The maximum atomic E-state index is 9.01. The molecule has 0 rings (SSSR count). The summed E-state index contributed by atoms with van der Waals surface area (Å²) in [6.07, 6.45) is 3.50. The van der Waals surface area contributed by atoms with Crippen LogP contribution in [0.2, 0.25) is 0 Å². The Labute approximate surface area is 87.5 Å². The van der Waals surface area contributed by atoms with E-state index in [0.29, 0.717) is 18.3 Å². The molecule has 0 N–H and O–H groups in total. The van der Waals surface area contributed by atoms with E-state index in [-0.39, 0.29) is 5.92 Å². The summed E-state index contributed by atoms with van der Waals surface area (Å²) >= 11 is 0.